The molecule has 20 nitrogen and oxygen atoms in total. The van der Waals surface area contributed by atoms with Crippen LogP contribution in [0.15, 0.2) is 54.6 Å². The molecule has 2 aliphatic rings. The molecule has 13 N–H and O–H groups in total. The largest absolute Gasteiger partial charge is 0.508 e. The zero-order chi connectivity index (χ0) is 53.4. The topological polar surface area (TPSA) is 351 Å². The molecule has 2 aliphatic heterocycles. The zero-order valence-electron chi connectivity index (χ0n) is 41.2. The smallest absolute Gasteiger partial charge is 0.261 e. The number of aliphatic hydroxyl groups excluding tert-OH is 6. The Hall–Kier alpha value is -4.36. The van der Waals surface area contributed by atoms with Gasteiger partial charge in [-0.15, -0.1) is 0 Å². The van der Waals surface area contributed by atoms with Crippen LogP contribution in [-0.4, -0.2) is 148 Å². The van der Waals surface area contributed by atoms with Crippen LogP contribution in [0.4, 0.5) is 0 Å². The fraction of sp³-hybridized carbons (Fsp3) is 0.620. The number of carbonyl (C=O) groups is 1. The molecule has 21 heteroatoms. The molecule has 5 rings (SSSR count). The standard InChI is InChI=1S/C28H38O9.C14H30O5.C7H6O3.CH4O3S/c1-3-20-15-21(36-28(35-20)24-14-19(31)8-10-26(24)33)6-4-5-17(29)12-22-11-16(2)34-27(37-22)23-13-18(30)7-9-25(23)32;1-3-11(16)8-12(17)5-4-6-13(18)9-14(19)7-10(2)15;8-4-5-3-6(9)1-2-7(5)10;1-5(2,3)4/h7-10,13-14,16-17,20-22,27-33H,3-6,11-12,15H2,1-2H3;10-19H,3-9H2,1-2H3;1-4,9-10H;1H3,(H,2,3,4)/t16-,17?,20?,21?,22?,27?,28?;10-,11?,12?,13?,14?;;/m00../s1. The molecule has 10 unspecified atom stereocenters. The van der Waals surface area contributed by atoms with Crippen molar-refractivity contribution in [3.63, 3.8) is 0 Å². The highest BCUT2D eigenvalue weighted by atomic mass is 32.2. The second-order valence-corrected chi connectivity index (χ2v) is 19.6. The first-order valence-electron chi connectivity index (χ1n) is 23.9. The summed E-state index contributed by atoms with van der Waals surface area (Å²) < 4.78 is 49.8. The minimum absolute atomic E-state index is 0.0109. The average Bonchev–Trinajstić information content (AvgIpc) is 3.28. The Morgan fingerprint density at radius 3 is 1.56 bits per heavy atom. The summed E-state index contributed by atoms with van der Waals surface area (Å²) in [7, 11) is -3.67. The molecule has 0 aromatic heterocycles. The number of ether oxygens (including phenoxy) is 4. The van der Waals surface area contributed by atoms with Crippen LogP contribution < -0.4 is 0 Å². The summed E-state index contributed by atoms with van der Waals surface area (Å²) >= 11 is 0. The maximum Gasteiger partial charge on any atom is 0.261 e. The van der Waals surface area contributed by atoms with Crippen molar-refractivity contribution >= 4 is 16.4 Å². The molecule has 0 bridgehead atoms. The molecular weight excluding hydrogens is 953 g/mol. The molecule has 404 valence electrons. The fourth-order valence-electron chi connectivity index (χ4n) is 7.79. The van der Waals surface area contributed by atoms with Crippen molar-refractivity contribution in [2.24, 2.45) is 0 Å². The molecule has 3 aromatic carbocycles. The number of hydrogen-bond donors (Lipinski definition) is 13. The van der Waals surface area contributed by atoms with Crippen LogP contribution in [0, 0.1) is 0 Å². The number of rotatable bonds is 21. The third kappa shape index (κ3) is 26.2. The van der Waals surface area contributed by atoms with Gasteiger partial charge >= 0.3 is 0 Å². The van der Waals surface area contributed by atoms with Gasteiger partial charge in [0.2, 0.25) is 0 Å². The van der Waals surface area contributed by atoms with Gasteiger partial charge in [-0.1, -0.05) is 13.8 Å². The van der Waals surface area contributed by atoms with E-state index in [-0.39, 0.29) is 77.3 Å². The van der Waals surface area contributed by atoms with E-state index in [9.17, 15) is 59.2 Å². The number of benzene rings is 3. The lowest BCUT2D eigenvalue weighted by molar-refractivity contribution is -0.250. The van der Waals surface area contributed by atoms with Gasteiger partial charge in [-0.25, -0.2) is 0 Å². The number of hydrogen-bond acceptors (Lipinski definition) is 19. The normalized spacial score (nSPS) is 22.6. The first kappa shape index (κ1) is 62.8. The summed E-state index contributed by atoms with van der Waals surface area (Å²) in [4.78, 5) is 10.1. The number of aliphatic hydroxyl groups is 6. The highest BCUT2D eigenvalue weighted by molar-refractivity contribution is 7.85. The van der Waals surface area contributed by atoms with Crippen LogP contribution in [-0.2, 0) is 29.1 Å². The van der Waals surface area contributed by atoms with Gasteiger partial charge in [0.05, 0.1) is 84.0 Å². The molecule has 0 spiro atoms. The van der Waals surface area contributed by atoms with E-state index >= 15 is 0 Å². The molecule has 2 heterocycles. The van der Waals surface area contributed by atoms with Crippen molar-refractivity contribution in [3.05, 3.63) is 71.3 Å². The molecule has 0 aliphatic carbocycles. The van der Waals surface area contributed by atoms with E-state index in [1.807, 2.05) is 20.8 Å². The summed E-state index contributed by atoms with van der Waals surface area (Å²) in [5.41, 5.74) is 0.863. The SMILES string of the molecule is CCC(O)CC(O)CCCC(O)CC(O)C[C@H](C)O.CCC1CC(CCCC(O)CC2C[C@H](C)OC(c3cc(O)ccc3O)O2)OC(c2cc(O)ccc2O)O1.CS(=O)(=O)O.O=Cc1cc(O)ccc1O. The van der Waals surface area contributed by atoms with E-state index in [0.29, 0.717) is 75.0 Å². The second kappa shape index (κ2) is 32.0. The maximum atomic E-state index is 10.7. The van der Waals surface area contributed by atoms with E-state index in [4.69, 9.17) is 38.8 Å². The molecule has 71 heavy (non-hydrogen) atoms. The lowest BCUT2D eigenvalue weighted by Crippen LogP contribution is -2.35. The lowest BCUT2D eigenvalue weighted by atomic mass is 9.97. The van der Waals surface area contributed by atoms with Gasteiger partial charge in [-0.2, -0.15) is 8.42 Å². The van der Waals surface area contributed by atoms with E-state index in [2.05, 4.69) is 0 Å². The molecule has 3 aromatic rings. The fourth-order valence-corrected chi connectivity index (χ4v) is 7.79. The molecule has 2 fully saturated rings. The van der Waals surface area contributed by atoms with Crippen LogP contribution in [0.3, 0.4) is 0 Å². The van der Waals surface area contributed by atoms with Gasteiger partial charge in [-0.05, 0) is 152 Å². The van der Waals surface area contributed by atoms with Gasteiger partial charge in [-0.3, -0.25) is 9.35 Å². The van der Waals surface area contributed by atoms with E-state index in [0.717, 1.165) is 25.7 Å². The Morgan fingerprint density at radius 1 is 0.606 bits per heavy atom. The van der Waals surface area contributed by atoms with E-state index in [1.54, 1.807) is 6.92 Å². The van der Waals surface area contributed by atoms with Crippen molar-refractivity contribution in [1.29, 1.82) is 0 Å². The number of carbonyl (C=O) groups excluding carboxylic acids is 1. The molecule has 0 saturated carbocycles. The molecule has 2 saturated heterocycles. The highest BCUT2D eigenvalue weighted by Gasteiger charge is 2.34. The summed E-state index contributed by atoms with van der Waals surface area (Å²) in [6.07, 6.45) is 3.44. The number of aromatic hydroxyl groups is 6. The summed E-state index contributed by atoms with van der Waals surface area (Å²) in [6, 6.07) is 12.3. The third-order valence-corrected chi connectivity index (χ3v) is 11.4. The molecule has 12 atom stereocenters. The zero-order valence-corrected chi connectivity index (χ0v) is 42.0. The van der Waals surface area contributed by atoms with Crippen molar-refractivity contribution in [2.75, 3.05) is 6.26 Å². The minimum atomic E-state index is -3.67. The summed E-state index contributed by atoms with van der Waals surface area (Å²) in [5.74, 6) is -0.110. The average molecular weight is 1030 g/mol. The van der Waals surface area contributed by atoms with Crippen LogP contribution in [0.5, 0.6) is 34.5 Å². The lowest BCUT2D eigenvalue weighted by Gasteiger charge is -2.36. The molecular formula is C50H78O20S. The van der Waals surface area contributed by atoms with Crippen LogP contribution in [0.1, 0.15) is 152 Å². The van der Waals surface area contributed by atoms with Crippen molar-refractivity contribution in [3.8, 4) is 34.5 Å². The highest BCUT2D eigenvalue weighted by Crippen LogP contribution is 2.39. The number of aldehydes is 1. The van der Waals surface area contributed by atoms with E-state index < -0.39 is 59.3 Å². The minimum Gasteiger partial charge on any atom is -0.508 e. The Labute approximate surface area is 416 Å². The van der Waals surface area contributed by atoms with Crippen molar-refractivity contribution in [1.82, 2.24) is 0 Å². The van der Waals surface area contributed by atoms with Gasteiger partial charge < -0.3 is 80.2 Å². The third-order valence-electron chi connectivity index (χ3n) is 11.4. The van der Waals surface area contributed by atoms with E-state index in [1.165, 1.54) is 54.6 Å². The summed E-state index contributed by atoms with van der Waals surface area (Å²) in [5, 5.41) is 116. The van der Waals surface area contributed by atoms with Crippen LogP contribution in [0.2, 0.25) is 0 Å². The van der Waals surface area contributed by atoms with Gasteiger partial charge in [0.1, 0.15) is 34.5 Å². The molecule has 0 radical (unpaired) electrons. The maximum absolute atomic E-state index is 10.7. The number of phenolic OH excluding ortho intramolecular Hbond substituents is 6. The number of phenols is 6. The molecule has 0 amide bonds. The Balaban J connectivity index is 0.000000419. The van der Waals surface area contributed by atoms with Crippen LogP contribution >= 0.6 is 0 Å². The van der Waals surface area contributed by atoms with Crippen molar-refractivity contribution in [2.45, 2.75) is 191 Å². The Kier molecular flexibility index (Phi) is 28.2. The van der Waals surface area contributed by atoms with Crippen molar-refractivity contribution < 1.29 is 98.0 Å². The van der Waals surface area contributed by atoms with Gasteiger partial charge in [0.15, 0.2) is 18.9 Å². The Morgan fingerprint density at radius 2 is 1.07 bits per heavy atom. The van der Waals surface area contributed by atoms with Crippen LogP contribution in [0.25, 0.3) is 0 Å². The van der Waals surface area contributed by atoms with Gasteiger partial charge in [0.25, 0.3) is 10.1 Å². The monoisotopic (exact) mass is 1030 g/mol. The Bertz CT molecular complexity index is 2080. The second-order valence-electron chi connectivity index (χ2n) is 18.2. The van der Waals surface area contributed by atoms with Gasteiger partial charge in [0, 0.05) is 6.42 Å². The first-order chi connectivity index (χ1) is 33.3. The predicted octanol–water partition coefficient (Wildman–Crippen LogP) is 5.88. The first-order valence-corrected chi connectivity index (χ1v) is 25.8. The summed E-state index contributed by atoms with van der Waals surface area (Å²) in [6.45, 7) is 7.42. The predicted molar refractivity (Wildman–Crippen MR) is 261 cm³/mol. The quantitative estimate of drug-likeness (QED) is 0.0336.